The van der Waals surface area contributed by atoms with Crippen LogP contribution >= 0.6 is 0 Å². The minimum atomic E-state index is -0.500. The van der Waals surface area contributed by atoms with Gasteiger partial charge in [-0.3, -0.25) is 0 Å². The minimum absolute atomic E-state index is 0.500. The first-order valence-electron chi connectivity index (χ1n) is 16.8. The third-order valence-corrected chi connectivity index (χ3v) is 10.2. The fourth-order valence-corrected chi connectivity index (χ4v) is 8.06. The van der Waals surface area contributed by atoms with Gasteiger partial charge in [-0.1, -0.05) is 157 Å². The highest BCUT2D eigenvalue weighted by Gasteiger charge is 2.47. The molecule has 0 saturated heterocycles. The zero-order chi connectivity index (χ0) is 32.2. The van der Waals surface area contributed by atoms with Crippen LogP contribution < -0.4 is 4.90 Å². The van der Waals surface area contributed by atoms with E-state index < -0.39 is 5.41 Å². The van der Waals surface area contributed by atoms with Crippen molar-refractivity contribution >= 4 is 38.6 Å². The molecule has 48 heavy (non-hydrogen) atoms. The third-order valence-electron chi connectivity index (χ3n) is 10.2. The van der Waals surface area contributed by atoms with Gasteiger partial charge in [-0.05, 0) is 93.7 Å². The van der Waals surface area contributed by atoms with Gasteiger partial charge in [0.15, 0.2) is 0 Å². The van der Waals surface area contributed by atoms with Gasteiger partial charge in [0.05, 0.1) is 11.1 Å². The Balaban J connectivity index is 1.44. The Bertz CT molecular complexity index is 2420. The van der Waals surface area contributed by atoms with Crippen molar-refractivity contribution in [1.29, 1.82) is 0 Å². The van der Waals surface area contributed by atoms with Crippen LogP contribution in [0, 0.1) is 13.8 Å². The zero-order valence-electron chi connectivity index (χ0n) is 27.2. The van der Waals surface area contributed by atoms with Gasteiger partial charge < -0.3 is 4.90 Å². The molecular weight excluding hydrogens is 579 g/mol. The number of benzene rings is 8. The fourth-order valence-electron chi connectivity index (χ4n) is 8.06. The SMILES string of the molecule is Cc1ccc(N(c2ccc3ccccc3c2)c2cc3c(c4ccccc24)-c2ccc(C)cc2C3(c2ccccc2)c2ccccc2)cc1. The zero-order valence-corrected chi connectivity index (χ0v) is 27.2. The maximum Gasteiger partial charge on any atom is 0.0714 e. The lowest BCUT2D eigenvalue weighted by atomic mass is 9.67. The smallest absolute Gasteiger partial charge is 0.0714 e. The van der Waals surface area contributed by atoms with Crippen LogP contribution in [-0.4, -0.2) is 0 Å². The first-order valence-corrected chi connectivity index (χ1v) is 16.8. The summed E-state index contributed by atoms with van der Waals surface area (Å²) >= 11 is 0. The van der Waals surface area contributed by atoms with E-state index in [1.54, 1.807) is 0 Å². The lowest BCUT2D eigenvalue weighted by Gasteiger charge is -2.35. The summed E-state index contributed by atoms with van der Waals surface area (Å²) in [6, 6.07) is 65.2. The van der Waals surface area contributed by atoms with Crippen molar-refractivity contribution in [3.8, 4) is 11.1 Å². The first kappa shape index (κ1) is 28.3. The van der Waals surface area contributed by atoms with Crippen LogP contribution in [-0.2, 0) is 5.41 Å². The first-order chi connectivity index (χ1) is 23.6. The van der Waals surface area contributed by atoms with Crippen LogP contribution in [0.15, 0.2) is 176 Å². The minimum Gasteiger partial charge on any atom is -0.310 e. The number of anilines is 3. The molecule has 0 unspecified atom stereocenters. The van der Waals surface area contributed by atoms with Crippen LogP contribution in [0.3, 0.4) is 0 Å². The monoisotopic (exact) mass is 613 g/mol. The highest BCUT2D eigenvalue weighted by atomic mass is 15.1. The normalized spacial score (nSPS) is 13.0. The predicted octanol–water partition coefficient (Wildman–Crippen LogP) is 12.4. The molecule has 1 aliphatic carbocycles. The van der Waals surface area contributed by atoms with Crippen molar-refractivity contribution < 1.29 is 0 Å². The summed E-state index contributed by atoms with van der Waals surface area (Å²) in [6.07, 6.45) is 0. The number of hydrogen-bond donors (Lipinski definition) is 0. The van der Waals surface area contributed by atoms with Gasteiger partial charge in [0.2, 0.25) is 0 Å². The average Bonchev–Trinajstić information content (AvgIpc) is 3.43. The Morgan fingerprint density at radius 3 is 1.71 bits per heavy atom. The molecule has 0 N–H and O–H groups in total. The van der Waals surface area contributed by atoms with Gasteiger partial charge >= 0.3 is 0 Å². The topological polar surface area (TPSA) is 3.24 Å². The molecule has 0 atom stereocenters. The average molecular weight is 614 g/mol. The number of fused-ring (bicyclic) bond motifs is 6. The second-order valence-corrected chi connectivity index (χ2v) is 13.1. The van der Waals surface area contributed by atoms with Crippen LogP contribution in [0.4, 0.5) is 17.1 Å². The molecule has 0 aliphatic heterocycles. The fraction of sp³-hybridized carbons (Fsp3) is 0.0638. The maximum atomic E-state index is 2.50. The number of nitrogens with zero attached hydrogens (tertiary/aromatic N) is 1. The Morgan fingerprint density at radius 2 is 1.00 bits per heavy atom. The second-order valence-electron chi connectivity index (χ2n) is 13.1. The van der Waals surface area contributed by atoms with Gasteiger partial charge in [-0.15, -0.1) is 0 Å². The van der Waals surface area contributed by atoms with E-state index >= 15 is 0 Å². The molecule has 1 heteroatoms. The van der Waals surface area contributed by atoms with E-state index in [1.165, 1.54) is 71.7 Å². The Labute approximate surface area is 282 Å². The maximum absolute atomic E-state index is 2.50. The summed E-state index contributed by atoms with van der Waals surface area (Å²) < 4.78 is 0. The molecule has 8 aromatic rings. The summed E-state index contributed by atoms with van der Waals surface area (Å²) in [4.78, 5) is 2.46. The molecule has 228 valence electrons. The summed E-state index contributed by atoms with van der Waals surface area (Å²) in [7, 11) is 0. The number of hydrogen-bond acceptors (Lipinski definition) is 1. The molecule has 1 nitrogen and oxygen atoms in total. The van der Waals surface area contributed by atoms with Crippen molar-refractivity contribution in [2.24, 2.45) is 0 Å². The molecule has 0 heterocycles. The second kappa shape index (κ2) is 11.1. The largest absolute Gasteiger partial charge is 0.310 e. The Kier molecular flexibility index (Phi) is 6.55. The molecule has 0 saturated carbocycles. The highest BCUT2D eigenvalue weighted by molar-refractivity contribution is 6.11. The lowest BCUT2D eigenvalue weighted by Crippen LogP contribution is -2.29. The number of aryl methyl sites for hydroxylation is 2. The van der Waals surface area contributed by atoms with Crippen molar-refractivity contribution in [3.63, 3.8) is 0 Å². The lowest BCUT2D eigenvalue weighted by molar-refractivity contribution is 0.768. The van der Waals surface area contributed by atoms with Crippen LogP contribution in [0.1, 0.15) is 33.4 Å². The molecule has 9 rings (SSSR count). The quantitative estimate of drug-likeness (QED) is 0.187. The summed E-state index contributed by atoms with van der Waals surface area (Å²) in [5.74, 6) is 0. The Hall–Kier alpha value is -5.92. The van der Waals surface area contributed by atoms with Crippen LogP contribution in [0.25, 0.3) is 32.7 Å². The molecule has 8 aromatic carbocycles. The summed E-state index contributed by atoms with van der Waals surface area (Å²) in [6.45, 7) is 4.37. The van der Waals surface area contributed by atoms with Gasteiger partial charge in [-0.25, -0.2) is 0 Å². The van der Waals surface area contributed by atoms with E-state index in [2.05, 4.69) is 195 Å². The number of rotatable bonds is 5. The van der Waals surface area contributed by atoms with E-state index in [9.17, 15) is 0 Å². The van der Waals surface area contributed by atoms with E-state index in [0.29, 0.717) is 0 Å². The third kappa shape index (κ3) is 4.25. The van der Waals surface area contributed by atoms with Crippen molar-refractivity contribution in [2.75, 3.05) is 4.90 Å². The molecule has 0 spiro atoms. The van der Waals surface area contributed by atoms with E-state index in [-0.39, 0.29) is 0 Å². The molecule has 0 bridgehead atoms. The predicted molar refractivity (Wildman–Crippen MR) is 203 cm³/mol. The summed E-state index contributed by atoms with van der Waals surface area (Å²) in [5, 5.41) is 4.96. The van der Waals surface area contributed by atoms with Gasteiger partial charge in [0.1, 0.15) is 0 Å². The summed E-state index contributed by atoms with van der Waals surface area (Å²) in [5.41, 5.74) is 13.3. The molecule has 0 aromatic heterocycles. The molecule has 0 amide bonds. The van der Waals surface area contributed by atoms with Crippen molar-refractivity contribution in [1.82, 2.24) is 0 Å². The molecule has 0 fully saturated rings. The molecule has 1 aliphatic rings. The highest BCUT2D eigenvalue weighted by Crippen LogP contribution is 2.59. The van der Waals surface area contributed by atoms with Gasteiger partial charge in [0.25, 0.3) is 0 Å². The van der Waals surface area contributed by atoms with Crippen LogP contribution in [0.5, 0.6) is 0 Å². The van der Waals surface area contributed by atoms with Gasteiger partial charge in [-0.2, -0.15) is 0 Å². The standard InChI is InChI=1S/C47H35N/c1-32-21-25-38(26-22-32)48(39-27-24-34-13-9-10-14-35(34)30-39)45-31-44-46(41-20-12-11-19-40(41)45)42-28-23-33(2)29-43(42)47(44,36-15-5-3-6-16-36)37-17-7-4-8-18-37/h3-31H,1-2H3. The van der Waals surface area contributed by atoms with E-state index in [4.69, 9.17) is 0 Å². The van der Waals surface area contributed by atoms with Gasteiger partial charge in [0, 0.05) is 16.8 Å². The van der Waals surface area contributed by atoms with Crippen molar-refractivity contribution in [2.45, 2.75) is 19.3 Å². The van der Waals surface area contributed by atoms with Crippen molar-refractivity contribution in [3.05, 3.63) is 209 Å². The Morgan fingerprint density at radius 1 is 0.417 bits per heavy atom. The van der Waals surface area contributed by atoms with E-state index in [1.807, 2.05) is 0 Å². The van der Waals surface area contributed by atoms with Crippen LogP contribution in [0.2, 0.25) is 0 Å². The van der Waals surface area contributed by atoms with E-state index in [0.717, 1.165) is 11.4 Å². The molecule has 0 radical (unpaired) electrons. The molecular formula is C47H35N.